The molecule has 4 nitrogen and oxygen atoms in total. The van der Waals surface area contributed by atoms with Crippen molar-refractivity contribution < 1.29 is 9.15 Å². The van der Waals surface area contributed by atoms with Crippen LogP contribution in [0.2, 0.25) is 0 Å². The Morgan fingerprint density at radius 1 is 1.62 bits per heavy atom. The largest absolute Gasteiger partial charge is 0.485 e. The quantitative estimate of drug-likeness (QED) is 0.716. The summed E-state index contributed by atoms with van der Waals surface area (Å²) in [6, 6.07) is 1.87. The molecule has 0 aliphatic rings. The zero-order valence-corrected chi connectivity index (χ0v) is 7.30. The van der Waals surface area contributed by atoms with Gasteiger partial charge in [-0.15, -0.1) is 0 Å². The first-order valence-corrected chi connectivity index (χ1v) is 3.97. The zero-order valence-electron chi connectivity index (χ0n) is 7.30. The van der Waals surface area contributed by atoms with E-state index in [0.717, 1.165) is 11.3 Å². The summed E-state index contributed by atoms with van der Waals surface area (Å²) in [6.07, 6.45) is 6.79. The standard InChI is InChI=1S/C9H10N2O2/c1-11-5-9(4-10-11)13-7-8-2-3-12-6-8/h2-6H,7H2,1H3. The van der Waals surface area contributed by atoms with Crippen molar-refractivity contribution in [2.45, 2.75) is 6.61 Å². The molecule has 2 aromatic rings. The average Bonchev–Trinajstić information content (AvgIpc) is 2.71. The number of aromatic nitrogens is 2. The Morgan fingerprint density at radius 2 is 2.54 bits per heavy atom. The molecule has 0 saturated heterocycles. The third kappa shape index (κ3) is 1.90. The highest BCUT2D eigenvalue weighted by Crippen LogP contribution is 2.10. The van der Waals surface area contributed by atoms with E-state index in [9.17, 15) is 0 Å². The van der Waals surface area contributed by atoms with Crippen LogP contribution in [0.4, 0.5) is 0 Å². The Bertz CT molecular complexity index is 365. The molecule has 2 rings (SSSR count). The minimum atomic E-state index is 0.516. The second-order valence-electron chi connectivity index (χ2n) is 2.77. The predicted octanol–water partition coefficient (Wildman–Crippen LogP) is 1.59. The van der Waals surface area contributed by atoms with E-state index in [1.54, 1.807) is 23.4 Å². The van der Waals surface area contributed by atoms with Crippen molar-refractivity contribution in [3.63, 3.8) is 0 Å². The molecule has 0 atom stereocenters. The van der Waals surface area contributed by atoms with E-state index in [2.05, 4.69) is 5.10 Å². The van der Waals surface area contributed by atoms with Crippen molar-refractivity contribution >= 4 is 0 Å². The third-order valence-electron chi connectivity index (χ3n) is 1.67. The number of rotatable bonds is 3. The van der Waals surface area contributed by atoms with Crippen molar-refractivity contribution in [1.29, 1.82) is 0 Å². The monoisotopic (exact) mass is 178 g/mol. The Labute approximate surface area is 75.7 Å². The summed E-state index contributed by atoms with van der Waals surface area (Å²) in [5.41, 5.74) is 1.02. The average molecular weight is 178 g/mol. The number of furan rings is 1. The van der Waals surface area contributed by atoms with Gasteiger partial charge in [0.2, 0.25) is 0 Å². The molecule has 0 bridgehead atoms. The van der Waals surface area contributed by atoms with E-state index < -0.39 is 0 Å². The smallest absolute Gasteiger partial charge is 0.157 e. The Hall–Kier alpha value is -1.71. The first-order chi connectivity index (χ1) is 6.34. The van der Waals surface area contributed by atoms with Crippen molar-refractivity contribution in [3.8, 4) is 5.75 Å². The van der Waals surface area contributed by atoms with Crippen LogP contribution >= 0.6 is 0 Å². The lowest BCUT2D eigenvalue weighted by Gasteiger charge is -1.98. The van der Waals surface area contributed by atoms with Gasteiger partial charge in [-0.3, -0.25) is 4.68 Å². The Balaban J connectivity index is 1.93. The number of ether oxygens (including phenoxy) is 1. The van der Waals surface area contributed by atoms with Crippen molar-refractivity contribution in [2.75, 3.05) is 0 Å². The first-order valence-electron chi connectivity index (χ1n) is 3.97. The summed E-state index contributed by atoms with van der Waals surface area (Å²) >= 11 is 0. The molecule has 0 N–H and O–H groups in total. The first kappa shape index (κ1) is 7.91. The van der Waals surface area contributed by atoms with Crippen molar-refractivity contribution in [3.05, 3.63) is 36.5 Å². The summed E-state index contributed by atoms with van der Waals surface area (Å²) in [6.45, 7) is 0.516. The maximum Gasteiger partial charge on any atom is 0.157 e. The SMILES string of the molecule is Cn1cc(OCc2ccoc2)cn1. The molecular formula is C9H10N2O2. The molecular weight excluding hydrogens is 168 g/mol. The summed E-state index contributed by atoms with van der Waals surface area (Å²) in [5, 5.41) is 3.98. The maximum atomic E-state index is 5.43. The highest BCUT2D eigenvalue weighted by Gasteiger charge is 1.98. The molecule has 0 saturated carbocycles. The normalized spacial score (nSPS) is 10.2. The van der Waals surface area contributed by atoms with Gasteiger partial charge in [-0.2, -0.15) is 5.10 Å². The van der Waals surface area contributed by atoms with Gasteiger partial charge in [0.25, 0.3) is 0 Å². The summed E-state index contributed by atoms with van der Waals surface area (Å²) < 4.78 is 12.0. The fourth-order valence-electron chi connectivity index (χ4n) is 1.01. The van der Waals surface area contributed by atoms with Crippen molar-refractivity contribution in [2.24, 2.45) is 7.05 Å². The van der Waals surface area contributed by atoms with E-state index in [0.29, 0.717) is 6.61 Å². The number of nitrogens with zero attached hydrogens (tertiary/aromatic N) is 2. The van der Waals surface area contributed by atoms with Gasteiger partial charge in [0.15, 0.2) is 5.75 Å². The highest BCUT2D eigenvalue weighted by molar-refractivity contribution is 5.13. The number of aryl methyl sites for hydroxylation is 1. The van der Waals surface area contributed by atoms with Crippen LogP contribution in [0.5, 0.6) is 5.75 Å². The summed E-state index contributed by atoms with van der Waals surface area (Å²) in [7, 11) is 1.85. The van der Waals surface area contributed by atoms with Gasteiger partial charge in [0.05, 0.1) is 24.9 Å². The minimum Gasteiger partial charge on any atom is -0.485 e. The zero-order chi connectivity index (χ0) is 9.10. The van der Waals surface area contributed by atoms with Crippen LogP contribution in [0.15, 0.2) is 35.4 Å². The van der Waals surface area contributed by atoms with Gasteiger partial charge < -0.3 is 9.15 Å². The Morgan fingerprint density at radius 3 is 3.15 bits per heavy atom. The molecule has 2 aromatic heterocycles. The fourth-order valence-corrected chi connectivity index (χ4v) is 1.01. The molecule has 4 heteroatoms. The van der Waals surface area contributed by atoms with Crippen LogP contribution in [0.25, 0.3) is 0 Å². The van der Waals surface area contributed by atoms with Gasteiger partial charge in [-0.1, -0.05) is 0 Å². The van der Waals surface area contributed by atoms with Gasteiger partial charge in [-0.05, 0) is 6.07 Å². The molecule has 0 aromatic carbocycles. The van der Waals surface area contributed by atoms with Crippen LogP contribution < -0.4 is 4.74 Å². The van der Waals surface area contributed by atoms with E-state index in [4.69, 9.17) is 9.15 Å². The molecule has 68 valence electrons. The van der Waals surface area contributed by atoms with Gasteiger partial charge in [0, 0.05) is 12.6 Å². The van der Waals surface area contributed by atoms with Crippen LogP contribution in [-0.2, 0) is 13.7 Å². The van der Waals surface area contributed by atoms with Crippen LogP contribution in [0, 0.1) is 0 Å². The number of hydrogen-bond acceptors (Lipinski definition) is 3. The molecule has 0 spiro atoms. The molecule has 0 amide bonds. The molecule has 0 unspecified atom stereocenters. The Kier molecular flexibility index (Phi) is 2.04. The summed E-state index contributed by atoms with van der Waals surface area (Å²) in [5.74, 6) is 0.767. The molecule has 13 heavy (non-hydrogen) atoms. The maximum absolute atomic E-state index is 5.43. The lowest BCUT2D eigenvalue weighted by molar-refractivity contribution is 0.304. The highest BCUT2D eigenvalue weighted by atomic mass is 16.5. The minimum absolute atomic E-state index is 0.516. The van der Waals surface area contributed by atoms with E-state index in [-0.39, 0.29) is 0 Å². The topological polar surface area (TPSA) is 40.2 Å². The third-order valence-corrected chi connectivity index (χ3v) is 1.67. The van der Waals surface area contributed by atoms with Crippen LogP contribution in [0.3, 0.4) is 0 Å². The van der Waals surface area contributed by atoms with E-state index in [1.807, 2.05) is 19.3 Å². The predicted molar refractivity (Wildman–Crippen MR) is 46.2 cm³/mol. The number of hydrogen-bond donors (Lipinski definition) is 0. The van der Waals surface area contributed by atoms with Gasteiger partial charge in [0.1, 0.15) is 6.61 Å². The summed E-state index contributed by atoms with van der Waals surface area (Å²) in [4.78, 5) is 0. The lowest BCUT2D eigenvalue weighted by Crippen LogP contribution is -1.92. The fraction of sp³-hybridized carbons (Fsp3) is 0.222. The van der Waals surface area contributed by atoms with Crippen molar-refractivity contribution in [1.82, 2.24) is 9.78 Å². The van der Waals surface area contributed by atoms with E-state index >= 15 is 0 Å². The molecule has 2 heterocycles. The second kappa shape index (κ2) is 3.35. The molecule has 0 aliphatic heterocycles. The van der Waals surface area contributed by atoms with E-state index in [1.165, 1.54) is 0 Å². The molecule has 0 radical (unpaired) electrons. The molecule has 0 aliphatic carbocycles. The van der Waals surface area contributed by atoms with Crippen LogP contribution in [0.1, 0.15) is 5.56 Å². The molecule has 0 fully saturated rings. The second-order valence-corrected chi connectivity index (χ2v) is 2.77. The lowest BCUT2D eigenvalue weighted by atomic mass is 10.4. The van der Waals surface area contributed by atoms with Crippen LogP contribution in [-0.4, -0.2) is 9.78 Å². The van der Waals surface area contributed by atoms with Gasteiger partial charge in [-0.25, -0.2) is 0 Å². The van der Waals surface area contributed by atoms with Gasteiger partial charge >= 0.3 is 0 Å².